The maximum Gasteiger partial charge on any atom is 0.408 e. The second-order valence-electron chi connectivity index (χ2n) is 10.3. The molecule has 0 saturated heterocycles. The number of nitrogens with one attached hydrogen (secondary N) is 2. The third-order valence-electron chi connectivity index (χ3n) is 6.36. The van der Waals surface area contributed by atoms with Crippen LogP contribution in [0, 0.1) is 0 Å². The molecule has 0 saturated carbocycles. The van der Waals surface area contributed by atoms with Crippen molar-refractivity contribution in [2.45, 2.75) is 71.9 Å². The third-order valence-corrected chi connectivity index (χ3v) is 6.36. The Labute approximate surface area is 208 Å². The highest BCUT2D eigenvalue weighted by Crippen LogP contribution is 2.33. The maximum absolute atomic E-state index is 12.5. The Bertz CT molecular complexity index is 1200. The van der Waals surface area contributed by atoms with Crippen LogP contribution in [0.5, 0.6) is 0 Å². The highest BCUT2D eigenvalue weighted by Gasteiger charge is 2.25. The predicted molar refractivity (Wildman–Crippen MR) is 141 cm³/mol. The van der Waals surface area contributed by atoms with E-state index in [0.717, 1.165) is 48.4 Å². The first kappa shape index (κ1) is 24.8. The van der Waals surface area contributed by atoms with E-state index in [1.165, 1.54) is 22.3 Å². The molecule has 2 aromatic rings. The van der Waals surface area contributed by atoms with Gasteiger partial charge < -0.3 is 15.4 Å². The number of ether oxygens (including phenoxy) is 1. The Morgan fingerprint density at radius 3 is 2.80 bits per heavy atom. The number of nitrogens with zero attached hydrogens (tertiary/aromatic N) is 3. The topological polar surface area (TPSA) is 80.5 Å². The summed E-state index contributed by atoms with van der Waals surface area (Å²) in [6, 6.07) is 6.58. The van der Waals surface area contributed by atoms with Crippen molar-refractivity contribution in [1.82, 2.24) is 20.4 Å². The van der Waals surface area contributed by atoms with Crippen LogP contribution in [0.1, 0.15) is 82.2 Å². The lowest BCUT2D eigenvalue weighted by Crippen LogP contribution is -2.35. The van der Waals surface area contributed by atoms with Gasteiger partial charge in [-0.15, -0.1) is 0 Å². The smallest absolute Gasteiger partial charge is 0.408 e. The molecule has 35 heavy (non-hydrogen) atoms. The Balaban J connectivity index is 1.66. The van der Waals surface area contributed by atoms with Crippen LogP contribution in [-0.4, -0.2) is 33.9 Å². The molecular formula is C28H37N5O2. The van der Waals surface area contributed by atoms with Gasteiger partial charge in [0.25, 0.3) is 0 Å². The number of amidine groups is 1. The Morgan fingerprint density at radius 1 is 1.31 bits per heavy atom. The number of benzene rings is 1. The first-order valence-electron chi connectivity index (χ1n) is 12.5. The molecule has 1 aromatic carbocycles. The minimum atomic E-state index is -0.514. The van der Waals surface area contributed by atoms with Crippen molar-refractivity contribution in [3.63, 3.8) is 0 Å². The van der Waals surface area contributed by atoms with E-state index in [9.17, 15) is 4.79 Å². The van der Waals surface area contributed by atoms with Crippen molar-refractivity contribution in [2.24, 2.45) is 12.0 Å². The summed E-state index contributed by atoms with van der Waals surface area (Å²) in [5.74, 6) is 0.892. The first-order chi connectivity index (χ1) is 16.6. The molecule has 1 aliphatic carbocycles. The van der Waals surface area contributed by atoms with Crippen LogP contribution in [0.2, 0.25) is 0 Å². The molecule has 2 heterocycles. The highest BCUT2D eigenvalue weighted by molar-refractivity contribution is 6.15. The van der Waals surface area contributed by atoms with Crippen molar-refractivity contribution >= 4 is 23.2 Å². The summed E-state index contributed by atoms with van der Waals surface area (Å²) in [6.07, 6.45) is 9.76. The van der Waals surface area contributed by atoms with Crippen molar-refractivity contribution < 1.29 is 9.53 Å². The lowest BCUT2D eigenvalue weighted by Gasteiger charge is -2.24. The van der Waals surface area contributed by atoms with Crippen LogP contribution in [0.4, 0.5) is 4.79 Å². The standard InChI is InChI=1S/C28H37N5O2/c1-7-29-26-23(15-25(31-26)21-16-30-33(6)17-21)18(2)19-12-13-22-20(14-19)10-8-9-11-24(22)32-27(34)35-28(3,4)5/h12-17,24H,7-11H2,1-6H3,(H,29,31)(H,32,34)/b23-18+. The average molecular weight is 476 g/mol. The second kappa shape index (κ2) is 10.1. The van der Waals surface area contributed by atoms with E-state index in [0.29, 0.717) is 6.54 Å². The number of amides is 1. The molecular weight excluding hydrogens is 438 g/mol. The minimum Gasteiger partial charge on any atom is -0.444 e. The SMILES string of the molecule is CCN=C1NC(c2cnn(C)c2)=C/C1=C(/C)c1ccc2c(c1)CCCCC2NC(=O)OC(C)(C)C. The van der Waals surface area contributed by atoms with E-state index < -0.39 is 5.60 Å². The van der Waals surface area contributed by atoms with Gasteiger partial charge >= 0.3 is 6.09 Å². The molecule has 0 spiro atoms. The van der Waals surface area contributed by atoms with Crippen LogP contribution in [0.25, 0.3) is 11.3 Å². The van der Waals surface area contributed by atoms with Crippen LogP contribution in [-0.2, 0) is 18.2 Å². The number of carbonyl (C=O) groups excluding carboxylic acids is 1. The number of fused-ring (bicyclic) bond motifs is 1. The molecule has 1 aromatic heterocycles. The van der Waals surface area contributed by atoms with Crippen molar-refractivity contribution in [2.75, 3.05) is 6.54 Å². The zero-order chi connectivity index (χ0) is 25.2. The molecule has 0 radical (unpaired) electrons. The van der Waals surface area contributed by atoms with Crippen LogP contribution >= 0.6 is 0 Å². The van der Waals surface area contributed by atoms with Gasteiger partial charge in [0, 0.05) is 30.9 Å². The molecule has 0 bridgehead atoms. The van der Waals surface area contributed by atoms with E-state index in [1.54, 1.807) is 4.68 Å². The van der Waals surface area contributed by atoms with E-state index in [2.05, 4.69) is 46.9 Å². The fourth-order valence-corrected chi connectivity index (χ4v) is 4.70. The summed E-state index contributed by atoms with van der Waals surface area (Å²) in [5, 5.41) is 10.9. The fraction of sp³-hybridized carbons (Fsp3) is 0.464. The van der Waals surface area contributed by atoms with E-state index in [-0.39, 0.29) is 12.1 Å². The average Bonchev–Trinajstić information content (AvgIpc) is 3.35. The first-order valence-corrected chi connectivity index (χ1v) is 12.5. The van der Waals surface area contributed by atoms with Crippen LogP contribution < -0.4 is 10.6 Å². The number of hydrogen-bond acceptors (Lipinski definition) is 4. The molecule has 1 unspecified atom stereocenters. The van der Waals surface area contributed by atoms with E-state index in [1.807, 2.05) is 47.1 Å². The minimum absolute atomic E-state index is 0.0354. The number of aryl methyl sites for hydroxylation is 2. The summed E-state index contributed by atoms with van der Waals surface area (Å²) in [6.45, 7) is 10.6. The number of aliphatic imine (C=N–C) groups is 1. The third kappa shape index (κ3) is 5.84. The zero-order valence-corrected chi connectivity index (χ0v) is 21.7. The van der Waals surface area contributed by atoms with Crippen molar-refractivity contribution in [1.29, 1.82) is 0 Å². The molecule has 7 nitrogen and oxygen atoms in total. The van der Waals surface area contributed by atoms with Gasteiger partial charge in [-0.05, 0) is 82.2 Å². The lowest BCUT2D eigenvalue weighted by atomic mass is 9.93. The van der Waals surface area contributed by atoms with Gasteiger partial charge in [-0.3, -0.25) is 9.67 Å². The number of hydrogen-bond donors (Lipinski definition) is 2. The molecule has 0 fully saturated rings. The van der Waals surface area contributed by atoms with Gasteiger partial charge in [0.2, 0.25) is 0 Å². The number of aromatic nitrogens is 2. The second-order valence-corrected chi connectivity index (χ2v) is 10.3. The number of rotatable bonds is 4. The fourth-order valence-electron chi connectivity index (χ4n) is 4.70. The van der Waals surface area contributed by atoms with Gasteiger partial charge in [0.15, 0.2) is 0 Å². The predicted octanol–water partition coefficient (Wildman–Crippen LogP) is 5.55. The molecule has 1 aliphatic heterocycles. The van der Waals surface area contributed by atoms with Crippen LogP contribution in [0.3, 0.4) is 0 Å². The Hall–Kier alpha value is -3.35. The summed E-state index contributed by atoms with van der Waals surface area (Å²) in [7, 11) is 1.92. The summed E-state index contributed by atoms with van der Waals surface area (Å²) < 4.78 is 7.32. The van der Waals surface area contributed by atoms with Crippen molar-refractivity contribution in [3.8, 4) is 0 Å². The largest absolute Gasteiger partial charge is 0.444 e. The molecule has 7 heteroatoms. The van der Waals surface area contributed by atoms with E-state index in [4.69, 9.17) is 9.73 Å². The van der Waals surface area contributed by atoms with Crippen LogP contribution in [0.15, 0.2) is 47.2 Å². The van der Waals surface area contributed by atoms with Gasteiger partial charge in [-0.2, -0.15) is 5.10 Å². The molecule has 4 rings (SSSR count). The van der Waals surface area contributed by atoms with Gasteiger partial charge in [-0.25, -0.2) is 4.79 Å². The summed E-state index contributed by atoms with van der Waals surface area (Å²) in [4.78, 5) is 17.2. The number of alkyl carbamates (subject to hydrolysis) is 1. The normalized spacial score (nSPS) is 20.6. The van der Waals surface area contributed by atoms with Gasteiger partial charge in [0.1, 0.15) is 11.4 Å². The quantitative estimate of drug-likeness (QED) is 0.568. The monoisotopic (exact) mass is 475 g/mol. The van der Waals surface area contributed by atoms with Gasteiger partial charge in [-0.1, -0.05) is 24.6 Å². The van der Waals surface area contributed by atoms with E-state index >= 15 is 0 Å². The Morgan fingerprint density at radius 2 is 2.11 bits per heavy atom. The summed E-state index contributed by atoms with van der Waals surface area (Å²) in [5.41, 5.74) is 7.46. The van der Waals surface area contributed by atoms with Gasteiger partial charge in [0.05, 0.1) is 17.9 Å². The molecule has 1 amide bonds. The zero-order valence-electron chi connectivity index (χ0n) is 21.7. The number of allylic oxidation sites excluding steroid dienone is 1. The highest BCUT2D eigenvalue weighted by atomic mass is 16.6. The van der Waals surface area contributed by atoms with Crippen molar-refractivity contribution in [3.05, 3.63) is 64.5 Å². The molecule has 2 N–H and O–H groups in total. The Kier molecular flexibility index (Phi) is 7.15. The molecule has 2 aliphatic rings. The lowest BCUT2D eigenvalue weighted by molar-refractivity contribution is 0.0501. The summed E-state index contributed by atoms with van der Waals surface area (Å²) >= 11 is 0. The maximum atomic E-state index is 12.5. The molecule has 1 atom stereocenters. The molecule has 186 valence electrons. The number of carbonyl (C=O) groups is 1.